The normalized spacial score (nSPS) is 16.5. The van der Waals surface area contributed by atoms with Gasteiger partial charge in [0.15, 0.2) is 6.17 Å². The molecule has 0 saturated heterocycles. The molecule has 0 rings (SSSR count). The molecule has 0 saturated carbocycles. The van der Waals surface area contributed by atoms with Crippen molar-refractivity contribution in [3.63, 3.8) is 0 Å². The summed E-state index contributed by atoms with van der Waals surface area (Å²) in [5, 5.41) is -7.08. The number of hydrogen-bond acceptors (Lipinski definition) is 2. The highest BCUT2D eigenvalue weighted by molar-refractivity contribution is 7.87. The fraction of sp³-hybridized carbons (Fsp3) is 1.00. The fourth-order valence-electron chi connectivity index (χ4n) is 1.76. The molecule has 0 aliphatic heterocycles. The number of rotatable bonds is 10. The van der Waals surface area contributed by atoms with Crippen molar-refractivity contribution in [3.05, 3.63) is 0 Å². The van der Waals surface area contributed by atoms with E-state index in [1.165, 1.54) is 0 Å². The van der Waals surface area contributed by atoms with Crippen molar-refractivity contribution in [1.29, 1.82) is 0 Å². The summed E-state index contributed by atoms with van der Waals surface area (Å²) in [6, 6.07) is 0. The van der Waals surface area contributed by atoms with Crippen molar-refractivity contribution in [2.45, 2.75) is 67.5 Å². The van der Waals surface area contributed by atoms with Crippen LogP contribution in [0, 0.1) is 0 Å². The van der Waals surface area contributed by atoms with Crippen LogP contribution >= 0.6 is 0 Å². The molecule has 164 valence electrons. The molecule has 0 fully saturated rings. The first-order valence-electron chi connectivity index (χ1n) is 6.82. The Morgan fingerprint density at radius 3 is 1.56 bits per heavy atom. The smallest absolute Gasteiger partial charge is 0.281 e. The molecule has 0 aromatic rings. The van der Waals surface area contributed by atoms with Crippen molar-refractivity contribution in [1.82, 2.24) is 0 Å². The summed E-state index contributed by atoms with van der Waals surface area (Å²) in [5.41, 5.74) is 0. The van der Waals surface area contributed by atoms with E-state index in [0.717, 1.165) is 0 Å². The van der Waals surface area contributed by atoms with E-state index in [1.54, 1.807) is 0 Å². The fourth-order valence-corrected chi connectivity index (χ4v) is 2.21. The minimum atomic E-state index is -7.42. The van der Waals surface area contributed by atoms with E-state index in [9.17, 15) is 61.1 Å². The van der Waals surface area contributed by atoms with Gasteiger partial charge in [0.05, 0.1) is 0 Å². The number of alkyl halides is 12. The first-order valence-corrected chi connectivity index (χ1v) is 8.26. The van der Waals surface area contributed by atoms with Gasteiger partial charge in [-0.2, -0.15) is 56.7 Å². The highest BCUT2D eigenvalue weighted by Gasteiger charge is 2.85. The molecule has 0 spiro atoms. The van der Waals surface area contributed by atoms with Crippen molar-refractivity contribution in [3.8, 4) is 0 Å². The van der Waals surface area contributed by atoms with E-state index < -0.39 is 77.6 Å². The maximum atomic E-state index is 13.3. The van der Waals surface area contributed by atoms with Crippen LogP contribution < -0.4 is 0 Å². The van der Waals surface area contributed by atoms with E-state index in [2.05, 4.69) is 0 Å². The molecule has 0 aliphatic rings. The van der Waals surface area contributed by atoms with Crippen LogP contribution in [0.3, 0.4) is 0 Å². The molecule has 1 unspecified atom stereocenters. The predicted molar refractivity (Wildman–Crippen MR) is 65.4 cm³/mol. The molecule has 1 N–H and O–H groups in total. The zero-order chi connectivity index (χ0) is 22.1. The molecule has 3 nitrogen and oxygen atoms in total. The lowest BCUT2D eigenvalue weighted by atomic mass is 9.96. The first kappa shape index (κ1) is 26.1. The summed E-state index contributed by atoms with van der Waals surface area (Å²) < 4.78 is 182. The summed E-state index contributed by atoms with van der Waals surface area (Å²) in [6.45, 7) is 0. The van der Waals surface area contributed by atoms with Crippen LogP contribution in [0.1, 0.15) is 32.1 Å². The molecular weight excluding hydrogens is 440 g/mol. The Morgan fingerprint density at radius 1 is 0.741 bits per heavy atom. The molecule has 0 aromatic heterocycles. The third kappa shape index (κ3) is 5.32. The molecule has 16 heteroatoms. The van der Waals surface area contributed by atoms with Crippen LogP contribution in [0.5, 0.6) is 0 Å². The summed E-state index contributed by atoms with van der Waals surface area (Å²) in [6.07, 6.45) is -14.3. The summed E-state index contributed by atoms with van der Waals surface area (Å²) in [7, 11) is -7.29. The van der Waals surface area contributed by atoms with Gasteiger partial charge in [-0.05, 0) is 12.8 Å². The van der Waals surface area contributed by atoms with E-state index in [4.69, 9.17) is 4.55 Å². The molecule has 0 bridgehead atoms. The third-order valence-corrected chi connectivity index (χ3v) is 4.22. The minimum Gasteiger partial charge on any atom is -0.281 e. The number of hydrogen-bond donors (Lipinski definition) is 1. The molecule has 0 heterocycles. The maximum Gasteiger partial charge on any atom is 0.438 e. The van der Waals surface area contributed by atoms with Gasteiger partial charge in [0.2, 0.25) is 0 Å². The monoisotopic (exact) mass is 452 g/mol. The predicted octanol–water partition coefficient (Wildman–Crippen LogP) is 5.22. The molecule has 0 aliphatic carbocycles. The summed E-state index contributed by atoms with van der Waals surface area (Å²) in [5.74, 6) is -21.2. The molecule has 0 radical (unpaired) electrons. The average molecular weight is 452 g/mol. The van der Waals surface area contributed by atoms with E-state index in [0.29, 0.717) is 0 Å². The molecular formula is C11H12F12O3S. The minimum absolute atomic E-state index is 0.626. The highest BCUT2D eigenvalue weighted by Crippen LogP contribution is 2.55. The van der Waals surface area contributed by atoms with Crippen LogP contribution in [0.15, 0.2) is 0 Å². The Kier molecular flexibility index (Phi) is 7.56. The van der Waals surface area contributed by atoms with Crippen molar-refractivity contribution in [2.24, 2.45) is 0 Å². The van der Waals surface area contributed by atoms with Crippen molar-refractivity contribution in [2.75, 3.05) is 0 Å². The van der Waals surface area contributed by atoms with Gasteiger partial charge in [-0.25, -0.2) is 4.39 Å². The lowest BCUT2D eigenvalue weighted by Crippen LogP contribution is -2.66. The lowest BCUT2D eigenvalue weighted by Gasteiger charge is -2.36. The van der Waals surface area contributed by atoms with Gasteiger partial charge >= 0.3 is 39.3 Å². The number of unbranched alkanes of at least 4 members (excludes halogenated alkanes) is 2. The van der Waals surface area contributed by atoms with Crippen LogP contribution in [0.4, 0.5) is 52.7 Å². The van der Waals surface area contributed by atoms with Crippen LogP contribution in [-0.2, 0) is 10.1 Å². The van der Waals surface area contributed by atoms with Crippen LogP contribution in [0.25, 0.3) is 0 Å². The van der Waals surface area contributed by atoms with E-state index in [-0.39, 0.29) is 0 Å². The van der Waals surface area contributed by atoms with Crippen molar-refractivity contribution >= 4 is 10.1 Å². The highest BCUT2D eigenvalue weighted by atomic mass is 32.2. The maximum absolute atomic E-state index is 13.3. The van der Waals surface area contributed by atoms with Crippen LogP contribution in [-0.4, -0.2) is 48.3 Å². The average Bonchev–Trinajstić information content (AvgIpc) is 2.43. The van der Waals surface area contributed by atoms with E-state index in [1.807, 2.05) is 0 Å². The Balaban J connectivity index is 5.30. The standard InChI is InChI=1S/C11H12F12O3S/c12-6(4-2-1-3-5-7(13,14)15)8(16,17)9(18,19)10(20,21)11(22,23)27(24,25)26/h6H,1-5H2,(H,24,25,26). The first-order chi connectivity index (χ1) is 11.6. The van der Waals surface area contributed by atoms with Gasteiger partial charge in [-0.1, -0.05) is 12.8 Å². The lowest BCUT2D eigenvalue weighted by molar-refractivity contribution is -0.359. The summed E-state index contributed by atoms with van der Waals surface area (Å²) >= 11 is 0. The topological polar surface area (TPSA) is 54.4 Å². The second-order valence-electron chi connectivity index (χ2n) is 5.45. The van der Waals surface area contributed by atoms with Gasteiger partial charge in [0, 0.05) is 6.42 Å². The Labute approximate surface area is 144 Å². The van der Waals surface area contributed by atoms with Crippen molar-refractivity contribution < 1.29 is 65.7 Å². The van der Waals surface area contributed by atoms with Gasteiger partial charge < -0.3 is 0 Å². The van der Waals surface area contributed by atoms with Gasteiger partial charge in [-0.15, -0.1) is 0 Å². The Morgan fingerprint density at radius 2 is 1.19 bits per heavy atom. The Hall–Kier alpha value is -0.930. The van der Waals surface area contributed by atoms with E-state index >= 15 is 0 Å². The number of halogens is 12. The molecule has 0 amide bonds. The summed E-state index contributed by atoms with van der Waals surface area (Å²) in [4.78, 5) is 0. The van der Waals surface area contributed by atoms with Gasteiger partial charge in [0.25, 0.3) is 0 Å². The van der Waals surface area contributed by atoms with Gasteiger partial charge in [0.1, 0.15) is 0 Å². The molecule has 1 atom stereocenters. The second-order valence-corrected chi connectivity index (χ2v) is 6.91. The third-order valence-electron chi connectivity index (χ3n) is 3.31. The quantitative estimate of drug-likeness (QED) is 0.281. The zero-order valence-electron chi connectivity index (χ0n) is 12.8. The largest absolute Gasteiger partial charge is 0.438 e. The SMILES string of the molecule is O=S(=O)(O)C(F)(F)C(F)(F)C(F)(F)C(F)(F)C(F)CCCCCC(F)(F)F. The molecule has 27 heavy (non-hydrogen) atoms. The van der Waals surface area contributed by atoms with Crippen LogP contribution in [0.2, 0.25) is 0 Å². The van der Waals surface area contributed by atoms with Gasteiger partial charge in [-0.3, -0.25) is 4.55 Å². The molecule has 0 aromatic carbocycles. The zero-order valence-corrected chi connectivity index (χ0v) is 13.6. The Bertz CT molecular complexity index is 598. The second kappa shape index (κ2) is 7.83.